The zero-order chi connectivity index (χ0) is 13.8. The van der Waals surface area contributed by atoms with Crippen molar-refractivity contribution in [2.45, 2.75) is 12.5 Å². The average molecular weight is 289 g/mol. The van der Waals surface area contributed by atoms with Gasteiger partial charge in [-0.25, -0.2) is 4.98 Å². The van der Waals surface area contributed by atoms with Crippen LogP contribution in [0.5, 0.6) is 5.88 Å². The lowest BCUT2D eigenvalue weighted by Gasteiger charge is -2.24. The summed E-state index contributed by atoms with van der Waals surface area (Å²) in [5.41, 5.74) is 1.19. The molecule has 2 atom stereocenters. The Morgan fingerprint density at radius 1 is 1.20 bits per heavy atom. The Bertz CT molecular complexity index is 538. The van der Waals surface area contributed by atoms with Crippen molar-refractivity contribution in [3.8, 4) is 5.88 Å². The number of nitrogens with zero attached hydrogens (tertiary/aromatic N) is 1. The minimum Gasteiger partial charge on any atom is -0.469 e. The van der Waals surface area contributed by atoms with Crippen LogP contribution < -0.4 is 10.1 Å². The van der Waals surface area contributed by atoms with Crippen molar-refractivity contribution >= 4 is 11.6 Å². The Kier molecular flexibility index (Phi) is 4.19. The highest BCUT2D eigenvalue weighted by Crippen LogP contribution is 2.31. The van der Waals surface area contributed by atoms with Crippen LogP contribution in [0.15, 0.2) is 48.7 Å². The largest absolute Gasteiger partial charge is 0.469 e. The number of hydrogen-bond donors (Lipinski definition) is 1. The van der Waals surface area contributed by atoms with Gasteiger partial charge >= 0.3 is 0 Å². The van der Waals surface area contributed by atoms with Gasteiger partial charge in [0.05, 0.1) is 5.02 Å². The summed E-state index contributed by atoms with van der Waals surface area (Å²) in [6.45, 7) is 2.03. The summed E-state index contributed by atoms with van der Waals surface area (Å²) >= 11 is 5.86. The van der Waals surface area contributed by atoms with E-state index in [0.717, 1.165) is 19.5 Å². The molecule has 0 spiro atoms. The first-order chi connectivity index (χ1) is 9.83. The zero-order valence-electron chi connectivity index (χ0n) is 11.1. The van der Waals surface area contributed by atoms with Gasteiger partial charge in [-0.3, -0.25) is 0 Å². The molecule has 3 nitrogen and oxygen atoms in total. The number of rotatable bonds is 4. The second kappa shape index (κ2) is 6.25. The Morgan fingerprint density at radius 2 is 2.05 bits per heavy atom. The van der Waals surface area contributed by atoms with Gasteiger partial charge in [-0.2, -0.15) is 0 Å². The molecule has 2 aromatic rings. The molecule has 4 heteroatoms. The second-order valence-corrected chi connectivity index (χ2v) is 5.45. The van der Waals surface area contributed by atoms with Gasteiger partial charge in [0, 0.05) is 24.7 Å². The Labute approximate surface area is 123 Å². The Balaban J connectivity index is 1.83. The lowest BCUT2D eigenvalue weighted by molar-refractivity contribution is 0.138. The SMILES string of the molecule is Clc1ccc(OC(c2ccccc2)[C@@H]2CCNC2)nc1. The van der Waals surface area contributed by atoms with Gasteiger partial charge in [0.1, 0.15) is 6.10 Å². The summed E-state index contributed by atoms with van der Waals surface area (Å²) in [6, 6.07) is 14.0. The highest BCUT2D eigenvalue weighted by atomic mass is 35.5. The summed E-state index contributed by atoms with van der Waals surface area (Å²) in [6.07, 6.45) is 2.76. The molecule has 1 aromatic heterocycles. The summed E-state index contributed by atoms with van der Waals surface area (Å²) < 4.78 is 6.13. The van der Waals surface area contributed by atoms with Crippen molar-refractivity contribution in [1.29, 1.82) is 0 Å². The van der Waals surface area contributed by atoms with Gasteiger partial charge in [0.15, 0.2) is 0 Å². The van der Waals surface area contributed by atoms with Crippen LogP contribution in [0, 0.1) is 5.92 Å². The van der Waals surface area contributed by atoms with Gasteiger partial charge < -0.3 is 10.1 Å². The maximum atomic E-state index is 6.13. The van der Waals surface area contributed by atoms with Crippen LogP contribution >= 0.6 is 11.6 Å². The molecule has 20 heavy (non-hydrogen) atoms. The van der Waals surface area contributed by atoms with E-state index in [1.54, 1.807) is 12.3 Å². The van der Waals surface area contributed by atoms with Gasteiger partial charge in [-0.1, -0.05) is 41.9 Å². The molecule has 0 saturated carbocycles. The fourth-order valence-corrected chi connectivity index (χ4v) is 2.69. The summed E-state index contributed by atoms with van der Waals surface area (Å²) in [4.78, 5) is 4.24. The maximum absolute atomic E-state index is 6.13. The summed E-state index contributed by atoms with van der Waals surface area (Å²) in [7, 11) is 0. The van der Waals surface area contributed by atoms with E-state index in [1.807, 2.05) is 24.3 Å². The minimum atomic E-state index is 0.0277. The third-order valence-electron chi connectivity index (χ3n) is 3.60. The second-order valence-electron chi connectivity index (χ2n) is 5.02. The molecule has 1 unspecified atom stereocenters. The van der Waals surface area contributed by atoms with E-state index >= 15 is 0 Å². The maximum Gasteiger partial charge on any atom is 0.213 e. The standard InChI is InChI=1S/C16H17ClN2O/c17-14-6-7-15(19-11-14)20-16(13-8-9-18-10-13)12-4-2-1-3-5-12/h1-7,11,13,16,18H,8-10H2/t13-,16?/m1/s1. The van der Waals surface area contributed by atoms with Crippen molar-refractivity contribution in [1.82, 2.24) is 10.3 Å². The van der Waals surface area contributed by atoms with Crippen molar-refractivity contribution in [3.05, 3.63) is 59.2 Å². The van der Waals surface area contributed by atoms with Crippen molar-refractivity contribution in [2.24, 2.45) is 5.92 Å². The van der Waals surface area contributed by atoms with Crippen LogP contribution in [0.1, 0.15) is 18.1 Å². The predicted octanol–water partition coefficient (Wildman–Crippen LogP) is 3.46. The lowest BCUT2D eigenvalue weighted by Crippen LogP contribution is -2.21. The van der Waals surface area contributed by atoms with E-state index in [1.165, 1.54) is 5.56 Å². The quantitative estimate of drug-likeness (QED) is 0.935. The molecule has 1 saturated heterocycles. The molecule has 1 fully saturated rings. The van der Waals surface area contributed by atoms with Crippen LogP contribution in [-0.4, -0.2) is 18.1 Å². The molecule has 3 rings (SSSR count). The normalized spacial score (nSPS) is 19.8. The summed E-state index contributed by atoms with van der Waals surface area (Å²) in [5, 5.41) is 4.02. The van der Waals surface area contributed by atoms with E-state index in [2.05, 4.69) is 22.4 Å². The number of ether oxygens (including phenoxy) is 1. The smallest absolute Gasteiger partial charge is 0.213 e. The van der Waals surface area contributed by atoms with Crippen molar-refractivity contribution < 1.29 is 4.74 Å². The number of halogens is 1. The first-order valence-corrected chi connectivity index (χ1v) is 7.24. The number of hydrogen-bond acceptors (Lipinski definition) is 3. The van der Waals surface area contributed by atoms with Gasteiger partial charge in [0.2, 0.25) is 5.88 Å². The monoisotopic (exact) mass is 288 g/mol. The molecular formula is C16H17ClN2O. The van der Waals surface area contributed by atoms with E-state index in [4.69, 9.17) is 16.3 Å². The number of aromatic nitrogens is 1. The fourth-order valence-electron chi connectivity index (χ4n) is 2.58. The Hall–Kier alpha value is -1.58. The number of benzene rings is 1. The van der Waals surface area contributed by atoms with Crippen LogP contribution in [0.3, 0.4) is 0 Å². The first kappa shape index (κ1) is 13.4. The van der Waals surface area contributed by atoms with Gasteiger partial charge in [0.25, 0.3) is 0 Å². The molecular weight excluding hydrogens is 272 g/mol. The molecule has 1 aliphatic rings. The third kappa shape index (κ3) is 3.11. The molecule has 104 valence electrons. The first-order valence-electron chi connectivity index (χ1n) is 6.87. The molecule has 0 amide bonds. The van der Waals surface area contributed by atoms with Crippen molar-refractivity contribution in [3.63, 3.8) is 0 Å². The molecule has 0 bridgehead atoms. The molecule has 1 aromatic carbocycles. The van der Waals surface area contributed by atoms with Crippen molar-refractivity contribution in [2.75, 3.05) is 13.1 Å². The highest BCUT2D eigenvalue weighted by Gasteiger charge is 2.28. The van der Waals surface area contributed by atoms with E-state index in [-0.39, 0.29) is 6.10 Å². The van der Waals surface area contributed by atoms with Crippen LogP contribution in [-0.2, 0) is 0 Å². The Morgan fingerprint density at radius 3 is 2.70 bits per heavy atom. The van der Waals surface area contributed by atoms with E-state index < -0.39 is 0 Å². The molecule has 2 heterocycles. The molecule has 0 aliphatic carbocycles. The lowest BCUT2D eigenvalue weighted by atomic mass is 9.95. The fraction of sp³-hybridized carbons (Fsp3) is 0.312. The van der Waals surface area contributed by atoms with Gasteiger partial charge in [-0.05, 0) is 24.6 Å². The molecule has 1 N–H and O–H groups in total. The van der Waals surface area contributed by atoms with Gasteiger partial charge in [-0.15, -0.1) is 0 Å². The molecule has 1 aliphatic heterocycles. The topological polar surface area (TPSA) is 34.1 Å². The van der Waals surface area contributed by atoms with Crippen LogP contribution in [0.25, 0.3) is 0 Å². The highest BCUT2D eigenvalue weighted by molar-refractivity contribution is 6.30. The van der Waals surface area contributed by atoms with E-state index in [9.17, 15) is 0 Å². The zero-order valence-corrected chi connectivity index (χ0v) is 11.9. The number of nitrogens with one attached hydrogen (secondary N) is 1. The average Bonchev–Trinajstić information content (AvgIpc) is 3.01. The number of pyridine rings is 1. The third-order valence-corrected chi connectivity index (χ3v) is 3.83. The predicted molar refractivity (Wildman–Crippen MR) is 80.0 cm³/mol. The summed E-state index contributed by atoms with van der Waals surface area (Å²) in [5.74, 6) is 1.09. The van der Waals surface area contributed by atoms with Crippen LogP contribution in [0.4, 0.5) is 0 Å². The molecule has 0 radical (unpaired) electrons. The minimum absolute atomic E-state index is 0.0277. The van der Waals surface area contributed by atoms with E-state index in [0.29, 0.717) is 16.8 Å². The van der Waals surface area contributed by atoms with Crippen LogP contribution in [0.2, 0.25) is 5.02 Å².